The number of allylic oxidation sites excluding steroid dienone is 1. The number of carbonyl (C=O) groups excluding carboxylic acids is 14. The van der Waals surface area contributed by atoms with Gasteiger partial charge in [-0.25, -0.2) is 28.8 Å². The van der Waals surface area contributed by atoms with Crippen LogP contribution in [0.1, 0.15) is 174 Å². The summed E-state index contributed by atoms with van der Waals surface area (Å²) in [6, 6.07) is 78.8. The highest BCUT2D eigenvalue weighted by atomic mass is 32.2. The number of thioether (sulfide) groups is 2. The number of esters is 7. The predicted molar refractivity (Wildman–Crippen MR) is 565 cm³/mol. The quantitative estimate of drug-likeness (QED) is 0.00541. The van der Waals surface area contributed by atoms with Crippen LogP contribution in [0.2, 0.25) is 0 Å². The highest BCUT2D eigenvalue weighted by Gasteiger charge is 2.41. The number of rotatable bonds is 46. The van der Waals surface area contributed by atoms with Crippen molar-refractivity contribution in [3.8, 4) is 23.3 Å². The first-order valence-electron chi connectivity index (χ1n) is 46.3. The van der Waals surface area contributed by atoms with E-state index in [-0.39, 0.29) is 121 Å². The molecular formula is C116H113N3O25S3. The van der Waals surface area contributed by atoms with E-state index in [9.17, 15) is 72.2 Å². The molecule has 147 heavy (non-hydrogen) atoms. The average molecular weight is 2050 g/mol. The molecule has 10 aromatic rings. The van der Waals surface area contributed by atoms with Crippen LogP contribution >= 0.6 is 35.7 Å². The second kappa shape index (κ2) is 64.9. The Morgan fingerprint density at radius 3 is 1.22 bits per heavy atom. The van der Waals surface area contributed by atoms with Crippen LogP contribution in [0.3, 0.4) is 0 Å². The molecule has 1 unspecified atom stereocenters. The van der Waals surface area contributed by atoms with Crippen LogP contribution in [0.4, 0.5) is 0 Å². The molecule has 12 rings (SSSR count). The lowest BCUT2D eigenvalue weighted by molar-refractivity contribution is -0.151. The number of hydrogen-bond donors (Lipinski definition) is 1. The summed E-state index contributed by atoms with van der Waals surface area (Å²) in [6.45, 7) is 29.6. The number of carbonyl (C=O) groups is 14. The Labute approximate surface area is 868 Å². The molecule has 2 heterocycles. The smallest absolute Gasteiger partial charge is 0.338 e. The SMILES string of the molecule is C=C(C)C(=O)OCC(O)COC(=O)CCCCCN1C(=O)/C(=C2\SC=C(C)S2)C(=O)N(CC)C1=S.C=C(C)C(=O)OCCOCCCCCOc1ccc(C(=O)c2ccccc2)cc1.C=CC(=O)OCCOC(=O)c1ccc(C(=O)c2ccc(C#N)cc2)cc1.C=CC(=O)OCCOc1ccc(C(=O)c2ccccc2)cc1.C=CC(=O)Oc1ccc(C(=O)c2ccccc2)cc1.C=Cc1ccc(C(=O)c2ccccc2)cc1. The first-order valence-corrected chi connectivity index (χ1v) is 48.4. The molecule has 1 N–H and O–H groups in total. The minimum atomic E-state index is -1.11. The zero-order valence-corrected chi connectivity index (χ0v) is 84.3. The fourth-order valence-electron chi connectivity index (χ4n) is 12.6. The van der Waals surface area contributed by atoms with Crippen molar-refractivity contribution in [1.29, 1.82) is 5.26 Å². The zero-order valence-electron chi connectivity index (χ0n) is 81.9. The molecule has 1 saturated heterocycles. The number of thiocarbonyl (C=S) groups is 1. The van der Waals surface area contributed by atoms with Crippen molar-refractivity contribution >= 4 is 129 Å². The molecule has 2 aliphatic rings. The third-order valence-electron chi connectivity index (χ3n) is 20.4. The van der Waals surface area contributed by atoms with Gasteiger partial charge in [-0.2, -0.15) is 5.26 Å². The van der Waals surface area contributed by atoms with Crippen molar-refractivity contribution in [2.24, 2.45) is 0 Å². The molecule has 2 amide bonds. The Morgan fingerprint density at radius 1 is 0.415 bits per heavy atom. The van der Waals surface area contributed by atoms with Crippen molar-refractivity contribution < 1.29 is 120 Å². The maximum atomic E-state index is 13.1. The van der Waals surface area contributed by atoms with Gasteiger partial charge in [0.2, 0.25) is 0 Å². The molecule has 0 aromatic heterocycles. The van der Waals surface area contributed by atoms with Crippen LogP contribution in [0.25, 0.3) is 6.08 Å². The summed E-state index contributed by atoms with van der Waals surface area (Å²) in [5, 5.41) is 20.6. The Morgan fingerprint density at radius 2 is 0.789 bits per heavy atom. The summed E-state index contributed by atoms with van der Waals surface area (Å²) in [5.41, 5.74) is 8.53. The minimum Gasteiger partial charge on any atom is -0.494 e. The first-order chi connectivity index (χ1) is 70.9. The van der Waals surface area contributed by atoms with Gasteiger partial charge in [-0.05, 0) is 197 Å². The highest BCUT2D eigenvalue weighted by molar-refractivity contribution is 8.28. The van der Waals surface area contributed by atoms with Crippen molar-refractivity contribution in [3.63, 3.8) is 0 Å². The molecule has 0 bridgehead atoms. The Kier molecular flexibility index (Phi) is 51.9. The number of unbranched alkanes of at least 4 members (excludes halogenated alkanes) is 4. The number of aliphatic hydroxyl groups excluding tert-OH is 1. The van der Waals surface area contributed by atoms with Gasteiger partial charge in [0, 0.05) is 111 Å². The van der Waals surface area contributed by atoms with Gasteiger partial charge in [-0.15, -0.1) is 0 Å². The summed E-state index contributed by atoms with van der Waals surface area (Å²) in [5.74, 6) is -2.93. The van der Waals surface area contributed by atoms with E-state index in [1.54, 1.807) is 122 Å². The van der Waals surface area contributed by atoms with Gasteiger partial charge in [0.05, 0.1) is 34.6 Å². The first kappa shape index (κ1) is 117. The number of ketones is 5. The standard InChI is InChI=1S/C24H28O5.C23H30N2O7S3.C20H15NO5.C18H16O4.C16H12O3.C15H12O/c1-19(2)24(26)29-18-17-27-15-7-4-8-16-28-22-13-11-21(12-14-22)23(25)20-9-5-3-6-10-20;1-5-24-19(28)18(22-34-13-15(4)35-22)20(29)25(23(24)33)10-8-6-7-9-17(27)31-11-16(26)12-32-21(30)14(2)3;1-2-18(22)25-11-12-26-20(24)17-9-7-16(8-10-17)19(23)15-5-3-14(13-21)4-6-15;1-2-17(19)22-13-12-21-16-10-8-15(9-11-16)18(20)14-6-4-3-5-7-14;1-2-15(17)19-14-10-8-13(9-11-14)16(18)12-6-4-3-5-7-12;1-2-12-8-10-14(11-9-12)15(16)13-6-4-3-5-7-13/h3,5-6,9-14H,1,4,7-8,15-18H2,2H3;13,16,26H,2,5-12H2,1,3-4H3;2-10H,1,11-12H2;2-11H,1,12-13H2;2-11H,1H2;2-11H,1H2/b;22-18+;;;;. The van der Waals surface area contributed by atoms with Crippen molar-refractivity contribution in [2.45, 2.75) is 78.7 Å². The molecule has 1 fully saturated rings. The molecule has 760 valence electrons. The third kappa shape index (κ3) is 41.4. The lowest BCUT2D eigenvalue weighted by Crippen LogP contribution is -2.56. The zero-order chi connectivity index (χ0) is 107. The molecule has 0 radical (unpaired) electrons. The molecule has 0 spiro atoms. The Bertz CT molecular complexity index is 6330. The van der Waals surface area contributed by atoms with Gasteiger partial charge in [0.25, 0.3) is 11.8 Å². The lowest BCUT2D eigenvalue weighted by atomic mass is 10.0. The summed E-state index contributed by atoms with van der Waals surface area (Å²) < 4.78 is 51.4. The number of aliphatic hydroxyl groups is 1. The molecular weight excluding hydrogens is 1930 g/mol. The van der Waals surface area contributed by atoms with Gasteiger partial charge >= 0.3 is 41.8 Å². The predicted octanol–water partition coefficient (Wildman–Crippen LogP) is 20.0. The molecule has 0 saturated carbocycles. The summed E-state index contributed by atoms with van der Waals surface area (Å²) >= 11 is 8.19. The maximum Gasteiger partial charge on any atom is 0.338 e. The van der Waals surface area contributed by atoms with E-state index in [0.29, 0.717) is 135 Å². The fourth-order valence-corrected chi connectivity index (χ4v) is 15.2. The number of nitrogens with zero attached hydrogens (tertiary/aromatic N) is 3. The molecule has 10 aromatic carbocycles. The number of benzene rings is 10. The molecule has 2 aliphatic heterocycles. The number of amides is 2. The summed E-state index contributed by atoms with van der Waals surface area (Å²) in [4.78, 5) is 170. The molecule has 28 nitrogen and oxygen atoms in total. The van der Waals surface area contributed by atoms with Crippen LogP contribution < -0.4 is 14.2 Å². The number of nitriles is 1. The van der Waals surface area contributed by atoms with Crippen LogP contribution in [-0.2, 0) is 71.5 Å². The summed E-state index contributed by atoms with van der Waals surface area (Å²) in [6.07, 6.45) is 8.56. The second-order valence-corrected chi connectivity index (χ2v) is 34.3. The van der Waals surface area contributed by atoms with Crippen molar-refractivity contribution in [2.75, 3.05) is 79.2 Å². The maximum absolute atomic E-state index is 13.1. The van der Waals surface area contributed by atoms with E-state index >= 15 is 0 Å². The van der Waals surface area contributed by atoms with Crippen LogP contribution in [0, 0.1) is 11.3 Å². The largest absolute Gasteiger partial charge is 0.494 e. The van der Waals surface area contributed by atoms with Crippen LogP contribution in [0.5, 0.6) is 17.2 Å². The number of likely N-dealkylation sites (N-methyl/N-ethyl adjacent to an activating group) is 1. The Balaban J connectivity index is 0.000000243. The van der Waals surface area contributed by atoms with Gasteiger partial charge in [0.15, 0.2) is 34.0 Å². The normalized spacial score (nSPS) is 12.1. The minimum absolute atomic E-state index is 0.00606. The highest BCUT2D eigenvalue weighted by Crippen LogP contribution is 2.46. The van der Waals surface area contributed by atoms with Crippen LogP contribution in [-0.4, -0.2) is 188 Å². The van der Waals surface area contributed by atoms with Crippen molar-refractivity contribution in [3.05, 3.63) is 428 Å². The van der Waals surface area contributed by atoms with Crippen LogP contribution in [0.15, 0.2) is 356 Å². The van der Waals surface area contributed by atoms with Gasteiger partial charge in [0.1, 0.15) is 75.2 Å². The fraction of sp³-hybridized carbons (Fsp3) is 0.207. The number of hydrogen-bond acceptors (Lipinski definition) is 29. The molecule has 31 heteroatoms. The molecule has 1 atom stereocenters. The average Bonchev–Trinajstić information content (AvgIpc) is 1.76. The van der Waals surface area contributed by atoms with E-state index < -0.39 is 41.9 Å². The van der Waals surface area contributed by atoms with Gasteiger partial charge in [-0.3, -0.25) is 48.2 Å². The summed E-state index contributed by atoms with van der Waals surface area (Å²) in [7, 11) is 0. The molecule has 0 aliphatic carbocycles. The lowest BCUT2D eigenvalue weighted by Gasteiger charge is -2.36. The number of ether oxygens (including phenoxy) is 10. The van der Waals surface area contributed by atoms with E-state index in [2.05, 4.69) is 39.5 Å². The topological polar surface area (TPSA) is 382 Å². The third-order valence-corrected chi connectivity index (χ3v) is 23.2. The van der Waals surface area contributed by atoms with Crippen molar-refractivity contribution in [1.82, 2.24) is 9.80 Å². The van der Waals surface area contributed by atoms with E-state index in [1.165, 1.54) is 64.5 Å². The van der Waals surface area contributed by atoms with Gasteiger partial charge in [-0.1, -0.05) is 233 Å². The monoisotopic (exact) mass is 2040 g/mol. The second-order valence-electron chi connectivity index (χ2n) is 31.5. The van der Waals surface area contributed by atoms with E-state index in [4.69, 9.17) is 64.8 Å². The van der Waals surface area contributed by atoms with E-state index in [0.717, 1.165) is 53.7 Å². The van der Waals surface area contributed by atoms with E-state index in [1.807, 2.05) is 159 Å². The van der Waals surface area contributed by atoms with Gasteiger partial charge < -0.3 is 52.5 Å². The Hall–Kier alpha value is -16.5.